The Kier molecular flexibility index (Phi) is 5.50. The molecule has 0 bridgehead atoms. The predicted molar refractivity (Wildman–Crippen MR) is 115 cm³/mol. The molecule has 9 heteroatoms. The van der Waals surface area contributed by atoms with Crippen LogP contribution in [0.5, 0.6) is 0 Å². The number of nitro benzene ring substituents is 1. The van der Waals surface area contributed by atoms with Crippen molar-refractivity contribution in [1.82, 2.24) is 13.3 Å². The van der Waals surface area contributed by atoms with Gasteiger partial charge >= 0.3 is 10.2 Å². The Hall–Kier alpha value is -2.52. The van der Waals surface area contributed by atoms with Gasteiger partial charge in [0.25, 0.3) is 5.69 Å². The smallest absolute Gasteiger partial charge is 0.258 e. The van der Waals surface area contributed by atoms with Crippen molar-refractivity contribution in [3.05, 3.63) is 63.2 Å². The lowest BCUT2D eigenvalue weighted by molar-refractivity contribution is -0.385. The Morgan fingerprint density at radius 3 is 2.60 bits per heavy atom. The number of allylic oxidation sites excluding steroid dienone is 1. The van der Waals surface area contributed by atoms with Crippen LogP contribution in [0.15, 0.2) is 30.7 Å². The van der Waals surface area contributed by atoms with Gasteiger partial charge in [0.15, 0.2) is 0 Å². The summed E-state index contributed by atoms with van der Waals surface area (Å²) in [5, 5.41) is 11.8. The Morgan fingerprint density at radius 2 is 1.93 bits per heavy atom. The first-order valence-electron chi connectivity index (χ1n) is 10.3. The van der Waals surface area contributed by atoms with E-state index >= 15 is 0 Å². The Balaban J connectivity index is 1.81. The van der Waals surface area contributed by atoms with Gasteiger partial charge in [0.05, 0.1) is 10.6 Å². The molecule has 1 aromatic carbocycles. The molecule has 4 rings (SSSR count). The highest BCUT2D eigenvalue weighted by atomic mass is 32.2. The van der Waals surface area contributed by atoms with Gasteiger partial charge in [0, 0.05) is 37.5 Å². The van der Waals surface area contributed by atoms with Gasteiger partial charge in [-0.1, -0.05) is 31.4 Å². The van der Waals surface area contributed by atoms with E-state index in [-0.39, 0.29) is 10.6 Å². The maximum atomic E-state index is 12.4. The van der Waals surface area contributed by atoms with E-state index in [2.05, 4.69) is 11.1 Å². The average molecular weight is 431 g/mol. The van der Waals surface area contributed by atoms with Crippen LogP contribution >= 0.6 is 0 Å². The number of fused-ring (bicyclic) bond motifs is 1. The molecule has 2 aliphatic rings. The monoisotopic (exact) mass is 430 g/mol. The third kappa shape index (κ3) is 3.67. The van der Waals surface area contributed by atoms with Gasteiger partial charge in [0.2, 0.25) is 0 Å². The number of hydrogen-bond acceptors (Lipinski definition) is 5. The number of benzene rings is 1. The fraction of sp³-hybridized carbons (Fsp3) is 0.476. The van der Waals surface area contributed by atoms with E-state index in [0.29, 0.717) is 30.0 Å². The van der Waals surface area contributed by atoms with Crippen molar-refractivity contribution in [3.63, 3.8) is 0 Å². The van der Waals surface area contributed by atoms with Crippen molar-refractivity contribution in [2.24, 2.45) is 0 Å². The van der Waals surface area contributed by atoms with Gasteiger partial charge in [-0.3, -0.25) is 10.1 Å². The van der Waals surface area contributed by atoms with E-state index in [1.54, 1.807) is 6.07 Å². The van der Waals surface area contributed by atoms with Gasteiger partial charge in [-0.25, -0.2) is 8.96 Å². The molecule has 2 aliphatic carbocycles. The van der Waals surface area contributed by atoms with Crippen LogP contribution in [0.25, 0.3) is 5.57 Å². The van der Waals surface area contributed by atoms with E-state index in [1.807, 2.05) is 6.08 Å². The number of rotatable bonds is 5. The molecule has 2 aromatic rings. The highest BCUT2D eigenvalue weighted by Gasteiger charge is 2.28. The van der Waals surface area contributed by atoms with Crippen molar-refractivity contribution in [3.8, 4) is 0 Å². The summed E-state index contributed by atoms with van der Waals surface area (Å²) in [5.41, 5.74) is 3.97. The molecule has 1 heterocycles. The van der Waals surface area contributed by atoms with E-state index < -0.39 is 10.2 Å². The molecule has 0 N–H and O–H groups in total. The van der Waals surface area contributed by atoms with Crippen LogP contribution in [0.3, 0.4) is 0 Å². The Labute approximate surface area is 176 Å². The summed E-state index contributed by atoms with van der Waals surface area (Å²) < 4.78 is 27.0. The minimum atomic E-state index is -3.67. The van der Waals surface area contributed by atoms with Gasteiger partial charge < -0.3 is 0 Å². The Morgan fingerprint density at radius 1 is 1.20 bits per heavy atom. The van der Waals surface area contributed by atoms with E-state index in [4.69, 9.17) is 0 Å². The third-order valence-corrected chi connectivity index (χ3v) is 7.77. The van der Waals surface area contributed by atoms with Crippen LogP contribution in [0.4, 0.5) is 5.69 Å². The zero-order valence-electron chi connectivity index (χ0n) is 17.2. The van der Waals surface area contributed by atoms with Crippen LogP contribution in [-0.4, -0.2) is 40.7 Å². The maximum Gasteiger partial charge on any atom is 0.308 e. The van der Waals surface area contributed by atoms with Crippen molar-refractivity contribution in [2.45, 2.75) is 50.9 Å². The number of aromatic nitrogens is 2. The lowest BCUT2D eigenvalue weighted by Crippen LogP contribution is -2.27. The van der Waals surface area contributed by atoms with Crippen LogP contribution in [-0.2, 0) is 16.6 Å². The minimum Gasteiger partial charge on any atom is -0.258 e. The summed E-state index contributed by atoms with van der Waals surface area (Å²) in [7, 11) is -0.742. The molecule has 1 saturated carbocycles. The van der Waals surface area contributed by atoms with Gasteiger partial charge in [-0.15, -0.1) is 0 Å². The molecule has 1 fully saturated rings. The molecule has 0 unspecified atom stereocenters. The fourth-order valence-electron chi connectivity index (χ4n) is 4.49. The van der Waals surface area contributed by atoms with Crippen molar-refractivity contribution >= 4 is 21.5 Å². The quantitative estimate of drug-likeness (QED) is 0.530. The number of nitro groups is 1. The summed E-state index contributed by atoms with van der Waals surface area (Å²) >= 11 is 0. The van der Waals surface area contributed by atoms with Crippen LogP contribution in [0, 0.1) is 10.1 Å². The molecule has 8 nitrogen and oxygen atoms in total. The molecule has 160 valence electrons. The van der Waals surface area contributed by atoms with Crippen molar-refractivity contribution in [1.29, 1.82) is 0 Å². The molecule has 0 amide bonds. The molecular weight excluding hydrogens is 404 g/mol. The summed E-state index contributed by atoms with van der Waals surface area (Å²) in [5.74, 6) is 0.331. The third-order valence-electron chi connectivity index (χ3n) is 6.12. The van der Waals surface area contributed by atoms with E-state index in [0.717, 1.165) is 50.7 Å². The molecule has 0 aliphatic heterocycles. The average Bonchev–Trinajstić information content (AvgIpc) is 3.23. The zero-order valence-corrected chi connectivity index (χ0v) is 18.1. The number of nitrogens with zero attached hydrogens (tertiary/aromatic N) is 4. The molecule has 0 atom stereocenters. The second-order valence-electron chi connectivity index (χ2n) is 8.19. The molecule has 0 spiro atoms. The highest BCUT2D eigenvalue weighted by molar-refractivity contribution is 7.87. The highest BCUT2D eigenvalue weighted by Crippen LogP contribution is 2.41. The largest absolute Gasteiger partial charge is 0.308 e. The topological polar surface area (TPSA) is 98.3 Å². The van der Waals surface area contributed by atoms with Crippen LogP contribution < -0.4 is 0 Å². The summed E-state index contributed by atoms with van der Waals surface area (Å²) in [6.45, 7) is 0. The molecule has 30 heavy (non-hydrogen) atoms. The zero-order chi connectivity index (χ0) is 21.5. The van der Waals surface area contributed by atoms with Gasteiger partial charge in [0.1, 0.15) is 6.33 Å². The Bertz CT molecular complexity index is 1110. The molecule has 0 saturated heterocycles. The van der Waals surface area contributed by atoms with Gasteiger partial charge in [-0.2, -0.15) is 12.7 Å². The van der Waals surface area contributed by atoms with E-state index in [9.17, 15) is 18.5 Å². The number of hydrogen-bond donors (Lipinski definition) is 0. The first kappa shape index (κ1) is 20.7. The summed E-state index contributed by atoms with van der Waals surface area (Å²) in [6, 6.07) is 3.83. The summed E-state index contributed by atoms with van der Waals surface area (Å²) in [6.07, 6.45) is 11.6. The maximum absolute atomic E-state index is 12.4. The van der Waals surface area contributed by atoms with Crippen molar-refractivity contribution in [2.75, 3.05) is 14.1 Å². The lowest BCUT2D eigenvalue weighted by atomic mass is 9.80. The normalized spacial score (nSPS) is 17.6. The predicted octanol–water partition coefficient (Wildman–Crippen LogP) is 3.87. The molecule has 1 aromatic heterocycles. The second kappa shape index (κ2) is 7.96. The molecular formula is C21H26N4O4S. The SMILES string of the molecule is CN(C)S(=O)(=O)n1cnc(C2=CCCc3c2cc(C2CCCCC2)cc3[N+](=O)[O-])c1. The lowest BCUT2D eigenvalue weighted by Gasteiger charge is -2.24. The van der Waals surface area contributed by atoms with Crippen molar-refractivity contribution < 1.29 is 13.3 Å². The first-order chi connectivity index (χ1) is 14.3. The second-order valence-corrected chi connectivity index (χ2v) is 10.2. The summed E-state index contributed by atoms with van der Waals surface area (Å²) in [4.78, 5) is 15.9. The van der Waals surface area contributed by atoms with Crippen LogP contribution in [0.2, 0.25) is 0 Å². The minimum absolute atomic E-state index is 0.166. The standard InChI is InChI=1S/C21H26N4O4S/c1-23(2)30(28,29)24-13-20(22-14-24)17-9-6-10-18-19(17)11-16(12-21(18)25(26)27)15-7-4-3-5-8-15/h9,11-15H,3-8,10H2,1-2H3. The number of imidazole rings is 1. The molecule has 0 radical (unpaired) electrons. The fourth-order valence-corrected chi connectivity index (χ4v) is 5.27. The first-order valence-corrected chi connectivity index (χ1v) is 11.7. The van der Waals surface area contributed by atoms with E-state index in [1.165, 1.54) is 33.0 Å². The van der Waals surface area contributed by atoms with Crippen LogP contribution in [0.1, 0.15) is 66.8 Å². The van der Waals surface area contributed by atoms with Gasteiger partial charge in [-0.05, 0) is 42.7 Å².